The van der Waals surface area contributed by atoms with Crippen LogP contribution >= 0.6 is 0 Å². The molecule has 0 aliphatic rings. The molecule has 0 aromatic carbocycles. The molecule has 3 heteroatoms. The normalized spacial score (nSPS) is 9.00. The fraction of sp³-hybridized carbons (Fsp3) is 0. The van der Waals surface area contributed by atoms with E-state index in [4.69, 9.17) is 4.43 Å². The van der Waals surface area contributed by atoms with E-state index in [1.54, 1.807) is 6.20 Å². The van der Waals surface area contributed by atoms with Gasteiger partial charge in [0.2, 0.25) is 10.5 Å². The Bertz CT molecular complexity index is 154. The van der Waals surface area contributed by atoms with Crippen molar-refractivity contribution in [1.29, 1.82) is 0 Å². The van der Waals surface area contributed by atoms with Crippen LogP contribution in [-0.4, -0.2) is 15.5 Å². The Labute approximate surface area is 51.1 Å². The molecular weight excluding hydrogens is 118 g/mol. The zero-order chi connectivity index (χ0) is 5.82. The van der Waals surface area contributed by atoms with E-state index in [2.05, 4.69) is 11.2 Å². The Morgan fingerprint density at radius 3 is 3.00 bits per heavy atom. The number of hydrogen-bond donors (Lipinski definition) is 0. The number of aromatic nitrogens is 1. The van der Waals surface area contributed by atoms with Gasteiger partial charge >= 0.3 is 0 Å². The minimum absolute atomic E-state index is 0.705. The van der Waals surface area contributed by atoms with Crippen LogP contribution in [0.3, 0.4) is 0 Å². The zero-order valence-electron chi connectivity index (χ0n) is 4.59. The summed E-state index contributed by atoms with van der Waals surface area (Å²) in [7, 11) is 0.705. The van der Waals surface area contributed by atoms with Crippen molar-refractivity contribution in [2.45, 2.75) is 0 Å². The van der Waals surface area contributed by atoms with Crippen LogP contribution in [0, 0.1) is 6.20 Å². The first-order chi connectivity index (χ1) is 3.93. The topological polar surface area (TPSA) is 22.1 Å². The third-order valence-corrected chi connectivity index (χ3v) is 1.24. The van der Waals surface area contributed by atoms with E-state index in [-0.39, 0.29) is 0 Å². The molecule has 0 saturated carbocycles. The highest BCUT2D eigenvalue weighted by molar-refractivity contribution is 5.99. The average Bonchev–Trinajstić information content (AvgIpc) is 1.90. The standard InChI is InChI=1S/C5H6NOSi/c8-7-5-2-1-3-6-4-5/h1-3H,8H3. The molecule has 0 bridgehead atoms. The smallest absolute Gasteiger partial charge is 0.204 e. The van der Waals surface area contributed by atoms with Gasteiger partial charge in [0, 0.05) is 6.20 Å². The van der Waals surface area contributed by atoms with Gasteiger partial charge in [0.25, 0.3) is 0 Å². The van der Waals surface area contributed by atoms with Crippen LogP contribution in [0.4, 0.5) is 0 Å². The van der Waals surface area contributed by atoms with Gasteiger partial charge in [-0.1, -0.05) is 0 Å². The van der Waals surface area contributed by atoms with Crippen LogP contribution in [-0.2, 0) is 0 Å². The highest BCUT2D eigenvalue weighted by Gasteiger charge is 1.82. The van der Waals surface area contributed by atoms with Gasteiger partial charge in [0.05, 0.1) is 0 Å². The maximum absolute atomic E-state index is 4.94. The molecule has 0 aliphatic heterocycles. The molecule has 0 spiro atoms. The lowest BCUT2D eigenvalue weighted by Crippen LogP contribution is -1.84. The zero-order valence-corrected chi connectivity index (χ0v) is 6.59. The molecule has 41 valence electrons. The first-order valence-corrected chi connectivity index (χ1v) is 3.12. The van der Waals surface area contributed by atoms with Gasteiger partial charge in [0.1, 0.15) is 11.9 Å². The number of rotatable bonds is 1. The van der Waals surface area contributed by atoms with E-state index >= 15 is 0 Å². The van der Waals surface area contributed by atoms with Crippen LogP contribution in [0.2, 0.25) is 0 Å². The second-order valence-electron chi connectivity index (χ2n) is 1.32. The van der Waals surface area contributed by atoms with E-state index in [0.29, 0.717) is 10.5 Å². The van der Waals surface area contributed by atoms with Gasteiger partial charge in [0.15, 0.2) is 0 Å². The fourth-order valence-electron chi connectivity index (χ4n) is 0.425. The van der Waals surface area contributed by atoms with Gasteiger partial charge in [-0.05, 0) is 12.1 Å². The maximum Gasteiger partial charge on any atom is 0.204 e. The predicted molar refractivity (Wildman–Crippen MR) is 33.6 cm³/mol. The summed E-state index contributed by atoms with van der Waals surface area (Å²) in [6.07, 6.45) is 4.35. The lowest BCUT2D eigenvalue weighted by Gasteiger charge is -1.93. The van der Waals surface area contributed by atoms with Crippen molar-refractivity contribution in [3.63, 3.8) is 0 Å². The number of hydrogen-bond acceptors (Lipinski definition) is 2. The average molecular weight is 124 g/mol. The molecule has 2 nitrogen and oxygen atoms in total. The molecule has 0 atom stereocenters. The summed E-state index contributed by atoms with van der Waals surface area (Å²) in [6, 6.07) is 3.66. The van der Waals surface area contributed by atoms with E-state index < -0.39 is 0 Å². The Hall–Kier alpha value is -0.833. The number of pyridine rings is 1. The van der Waals surface area contributed by atoms with Crippen molar-refractivity contribution in [3.8, 4) is 5.75 Å². The molecule has 0 amide bonds. The highest BCUT2D eigenvalue weighted by atomic mass is 28.2. The number of nitrogens with zero attached hydrogens (tertiary/aromatic N) is 1. The van der Waals surface area contributed by atoms with Crippen LogP contribution < -0.4 is 4.43 Å². The van der Waals surface area contributed by atoms with Crippen LogP contribution in [0.1, 0.15) is 0 Å². The summed E-state index contributed by atoms with van der Waals surface area (Å²) in [4.78, 5) is 3.73. The van der Waals surface area contributed by atoms with Gasteiger partial charge < -0.3 is 4.43 Å². The first kappa shape index (κ1) is 5.31. The Balaban J connectivity index is 2.83. The summed E-state index contributed by atoms with van der Waals surface area (Å²) < 4.78 is 4.94. The molecule has 0 unspecified atom stereocenters. The van der Waals surface area contributed by atoms with Crippen molar-refractivity contribution in [2.24, 2.45) is 0 Å². The largest absolute Gasteiger partial charge is 0.552 e. The lowest BCUT2D eigenvalue weighted by atomic mass is 10.5. The third-order valence-electron chi connectivity index (χ3n) is 0.803. The second-order valence-corrected chi connectivity index (χ2v) is 1.73. The van der Waals surface area contributed by atoms with E-state index in [0.717, 1.165) is 5.75 Å². The monoisotopic (exact) mass is 124 g/mol. The van der Waals surface area contributed by atoms with Crippen molar-refractivity contribution in [3.05, 3.63) is 24.5 Å². The van der Waals surface area contributed by atoms with Crippen LogP contribution in [0.15, 0.2) is 18.3 Å². The Kier molecular flexibility index (Phi) is 1.64. The molecule has 0 N–H and O–H groups in total. The molecule has 0 aliphatic carbocycles. The molecular formula is C5H6NOSi. The van der Waals surface area contributed by atoms with Gasteiger partial charge in [-0.2, -0.15) is 0 Å². The molecule has 8 heavy (non-hydrogen) atoms. The highest BCUT2D eigenvalue weighted by Crippen LogP contribution is 2.01. The predicted octanol–water partition coefficient (Wildman–Crippen LogP) is -0.459. The molecule has 1 rings (SSSR count). The van der Waals surface area contributed by atoms with E-state index in [1.807, 2.05) is 12.1 Å². The molecule has 1 heterocycles. The summed E-state index contributed by atoms with van der Waals surface area (Å²) in [5, 5.41) is 0. The molecule has 1 aromatic rings. The maximum atomic E-state index is 4.94. The van der Waals surface area contributed by atoms with Crippen molar-refractivity contribution < 1.29 is 4.43 Å². The molecule has 0 saturated heterocycles. The van der Waals surface area contributed by atoms with Gasteiger partial charge in [-0.15, -0.1) is 0 Å². The molecule has 1 aromatic heterocycles. The summed E-state index contributed by atoms with van der Waals surface area (Å²) >= 11 is 0. The summed E-state index contributed by atoms with van der Waals surface area (Å²) in [5.41, 5.74) is 0. The Morgan fingerprint density at radius 2 is 2.62 bits per heavy atom. The van der Waals surface area contributed by atoms with Gasteiger partial charge in [-0.3, -0.25) is 4.98 Å². The van der Waals surface area contributed by atoms with Crippen molar-refractivity contribution >= 4 is 10.5 Å². The van der Waals surface area contributed by atoms with Gasteiger partial charge in [-0.25, -0.2) is 0 Å². The van der Waals surface area contributed by atoms with E-state index in [9.17, 15) is 0 Å². The van der Waals surface area contributed by atoms with Crippen LogP contribution in [0.25, 0.3) is 0 Å². The SMILES string of the molecule is [SiH3]Oc1[c]nccc1. The third kappa shape index (κ3) is 1.07. The fourth-order valence-corrected chi connectivity index (χ4v) is 0.653. The molecule has 0 fully saturated rings. The van der Waals surface area contributed by atoms with Crippen molar-refractivity contribution in [2.75, 3.05) is 0 Å². The van der Waals surface area contributed by atoms with Crippen molar-refractivity contribution in [1.82, 2.24) is 4.98 Å². The summed E-state index contributed by atoms with van der Waals surface area (Å²) in [6.45, 7) is 0. The quantitative estimate of drug-likeness (QED) is 0.473. The summed E-state index contributed by atoms with van der Waals surface area (Å²) in [5.74, 6) is 0.735. The van der Waals surface area contributed by atoms with Crippen LogP contribution in [0.5, 0.6) is 5.75 Å². The van der Waals surface area contributed by atoms with E-state index in [1.165, 1.54) is 0 Å². The minimum Gasteiger partial charge on any atom is -0.552 e. The molecule has 1 radical (unpaired) electrons. The second kappa shape index (κ2) is 2.47. The Morgan fingerprint density at radius 1 is 1.75 bits per heavy atom. The lowest BCUT2D eigenvalue weighted by molar-refractivity contribution is 0.610. The minimum atomic E-state index is 0.705. The first-order valence-electron chi connectivity index (χ1n) is 2.30.